The number of rotatable bonds is 9. The van der Waals surface area contributed by atoms with Gasteiger partial charge in [-0.15, -0.1) is 0 Å². The molecule has 1 unspecified atom stereocenters. The van der Waals surface area contributed by atoms with Crippen molar-refractivity contribution in [2.45, 2.75) is 26.8 Å². The summed E-state index contributed by atoms with van der Waals surface area (Å²) >= 11 is 1.24. The van der Waals surface area contributed by atoms with E-state index in [1.54, 1.807) is 65.5 Å². The fourth-order valence-corrected chi connectivity index (χ4v) is 5.38. The number of ether oxygens (including phenoxy) is 5. The van der Waals surface area contributed by atoms with Crippen molar-refractivity contribution in [3.63, 3.8) is 0 Å². The number of carbonyl (C=O) groups is 1. The zero-order valence-corrected chi connectivity index (χ0v) is 23.0. The second-order valence-corrected chi connectivity index (χ2v) is 9.27. The smallest absolute Gasteiger partial charge is 0.338 e. The maximum absolute atomic E-state index is 13.8. The van der Waals surface area contributed by atoms with Crippen molar-refractivity contribution in [2.24, 2.45) is 4.99 Å². The Labute approximate surface area is 224 Å². The van der Waals surface area contributed by atoms with Crippen LogP contribution in [0.15, 0.2) is 57.5 Å². The van der Waals surface area contributed by atoms with Crippen molar-refractivity contribution in [3.8, 4) is 23.0 Å². The standard InChI is InChI=1S/C28H30N2O7S/c1-7-36-20-12-10-18(15-22(20)35-6)25-24(27(32)37-8-2)16(3)29-28-30(25)26(31)23(38-28)14-17-9-11-19(33-4)21(13-17)34-5/h9-15,25H,7-8H2,1-6H3/b23-14-. The van der Waals surface area contributed by atoms with E-state index in [9.17, 15) is 9.59 Å². The van der Waals surface area contributed by atoms with E-state index in [2.05, 4.69) is 4.99 Å². The summed E-state index contributed by atoms with van der Waals surface area (Å²) in [6.45, 7) is 6.03. The Morgan fingerprint density at radius 2 is 1.66 bits per heavy atom. The molecule has 1 aliphatic rings. The number of fused-ring (bicyclic) bond motifs is 1. The summed E-state index contributed by atoms with van der Waals surface area (Å²) in [6, 6.07) is 10.0. The number of aromatic nitrogens is 1. The van der Waals surface area contributed by atoms with E-state index in [1.807, 2.05) is 19.1 Å². The van der Waals surface area contributed by atoms with Crippen LogP contribution in [0.3, 0.4) is 0 Å². The second kappa shape index (κ2) is 11.6. The molecule has 10 heteroatoms. The summed E-state index contributed by atoms with van der Waals surface area (Å²) < 4.78 is 29.3. The van der Waals surface area contributed by atoms with Crippen LogP contribution in [0.2, 0.25) is 0 Å². The number of allylic oxidation sites excluding steroid dienone is 1. The molecule has 0 radical (unpaired) electrons. The lowest BCUT2D eigenvalue weighted by Gasteiger charge is -2.25. The topological polar surface area (TPSA) is 97.6 Å². The Morgan fingerprint density at radius 1 is 0.974 bits per heavy atom. The number of hydrogen-bond acceptors (Lipinski definition) is 9. The quantitative estimate of drug-likeness (QED) is 0.386. The van der Waals surface area contributed by atoms with Gasteiger partial charge in [0.1, 0.15) is 0 Å². The van der Waals surface area contributed by atoms with Gasteiger partial charge in [-0.3, -0.25) is 9.36 Å². The van der Waals surface area contributed by atoms with Crippen LogP contribution >= 0.6 is 11.3 Å². The molecular formula is C28H30N2O7S. The normalized spacial score (nSPS) is 15.0. The third kappa shape index (κ3) is 5.04. The summed E-state index contributed by atoms with van der Waals surface area (Å²) in [7, 11) is 4.67. The van der Waals surface area contributed by atoms with E-state index in [1.165, 1.54) is 15.9 Å². The van der Waals surface area contributed by atoms with Gasteiger partial charge in [-0.05, 0) is 62.2 Å². The van der Waals surface area contributed by atoms with Crippen LogP contribution in [0.25, 0.3) is 6.08 Å². The zero-order valence-electron chi connectivity index (χ0n) is 22.2. The van der Waals surface area contributed by atoms with E-state index >= 15 is 0 Å². The molecule has 0 saturated heterocycles. The van der Waals surface area contributed by atoms with E-state index < -0.39 is 12.0 Å². The van der Waals surface area contributed by atoms with Gasteiger partial charge >= 0.3 is 5.97 Å². The Morgan fingerprint density at radius 3 is 2.32 bits per heavy atom. The Balaban J connectivity index is 1.93. The lowest BCUT2D eigenvalue weighted by Crippen LogP contribution is -2.40. The van der Waals surface area contributed by atoms with Gasteiger partial charge < -0.3 is 23.7 Å². The van der Waals surface area contributed by atoms with Crippen LogP contribution in [-0.2, 0) is 9.53 Å². The predicted molar refractivity (Wildman–Crippen MR) is 144 cm³/mol. The van der Waals surface area contributed by atoms with Crippen molar-refractivity contribution in [1.82, 2.24) is 4.57 Å². The molecule has 2 aromatic carbocycles. The van der Waals surface area contributed by atoms with E-state index in [0.29, 0.717) is 55.8 Å². The molecule has 0 spiro atoms. The number of carbonyl (C=O) groups excluding carboxylic acids is 1. The highest BCUT2D eigenvalue weighted by Gasteiger charge is 2.34. The molecule has 0 amide bonds. The van der Waals surface area contributed by atoms with Crippen molar-refractivity contribution in [3.05, 3.63) is 78.5 Å². The lowest BCUT2D eigenvalue weighted by atomic mass is 9.95. The molecule has 3 aromatic rings. The van der Waals surface area contributed by atoms with Gasteiger partial charge in [-0.25, -0.2) is 9.79 Å². The molecule has 38 heavy (non-hydrogen) atoms. The first-order valence-corrected chi connectivity index (χ1v) is 12.9. The van der Waals surface area contributed by atoms with Crippen LogP contribution in [0, 0.1) is 0 Å². The highest BCUT2D eigenvalue weighted by atomic mass is 32.1. The van der Waals surface area contributed by atoms with Gasteiger partial charge in [0.25, 0.3) is 5.56 Å². The molecule has 1 aromatic heterocycles. The molecule has 0 bridgehead atoms. The van der Waals surface area contributed by atoms with Crippen LogP contribution in [0.1, 0.15) is 37.9 Å². The molecule has 1 aliphatic heterocycles. The van der Waals surface area contributed by atoms with Crippen molar-refractivity contribution >= 4 is 23.4 Å². The maximum atomic E-state index is 13.8. The summed E-state index contributed by atoms with van der Waals surface area (Å²) in [6.07, 6.45) is 1.77. The number of nitrogens with zero attached hydrogens (tertiary/aromatic N) is 2. The molecule has 0 saturated carbocycles. The third-order valence-electron chi connectivity index (χ3n) is 6.03. The minimum atomic E-state index is -0.762. The van der Waals surface area contributed by atoms with Crippen LogP contribution in [0.5, 0.6) is 23.0 Å². The Kier molecular flexibility index (Phi) is 8.21. The summed E-state index contributed by atoms with van der Waals surface area (Å²) in [5, 5.41) is 0. The fourth-order valence-electron chi connectivity index (χ4n) is 4.33. The number of benzene rings is 2. The average Bonchev–Trinajstić information content (AvgIpc) is 3.22. The van der Waals surface area contributed by atoms with Gasteiger partial charge in [0.05, 0.1) is 56.4 Å². The molecule has 4 rings (SSSR count). The second-order valence-electron chi connectivity index (χ2n) is 8.26. The molecule has 200 valence electrons. The Bertz CT molecular complexity index is 1570. The molecule has 9 nitrogen and oxygen atoms in total. The zero-order chi connectivity index (χ0) is 27.4. The lowest BCUT2D eigenvalue weighted by molar-refractivity contribution is -0.139. The maximum Gasteiger partial charge on any atom is 0.338 e. The van der Waals surface area contributed by atoms with Crippen molar-refractivity contribution in [2.75, 3.05) is 34.5 Å². The van der Waals surface area contributed by atoms with Gasteiger partial charge in [0, 0.05) is 0 Å². The van der Waals surface area contributed by atoms with Crippen molar-refractivity contribution in [1.29, 1.82) is 0 Å². The van der Waals surface area contributed by atoms with Gasteiger partial charge in [0.2, 0.25) is 0 Å². The molecule has 0 fully saturated rings. The summed E-state index contributed by atoms with van der Waals surface area (Å²) in [5.41, 5.74) is 1.92. The van der Waals surface area contributed by atoms with E-state index in [-0.39, 0.29) is 12.2 Å². The molecular weight excluding hydrogens is 508 g/mol. The van der Waals surface area contributed by atoms with E-state index in [0.717, 1.165) is 5.56 Å². The van der Waals surface area contributed by atoms with Gasteiger partial charge in [-0.1, -0.05) is 23.5 Å². The Hall–Kier alpha value is -4.05. The first-order valence-electron chi connectivity index (χ1n) is 12.1. The van der Waals surface area contributed by atoms with Crippen LogP contribution < -0.4 is 33.8 Å². The minimum absolute atomic E-state index is 0.193. The van der Waals surface area contributed by atoms with Gasteiger partial charge in [0.15, 0.2) is 27.8 Å². The van der Waals surface area contributed by atoms with E-state index in [4.69, 9.17) is 23.7 Å². The molecule has 0 aliphatic carbocycles. The molecule has 0 N–H and O–H groups in total. The number of methoxy groups -OCH3 is 3. The van der Waals surface area contributed by atoms with Crippen LogP contribution in [0.4, 0.5) is 0 Å². The SMILES string of the molecule is CCOC(=O)C1=C(C)N=c2s/c(=C\c3ccc(OC)c(OC)c3)c(=O)n2C1c1ccc(OCC)c(OC)c1. The summed E-state index contributed by atoms with van der Waals surface area (Å²) in [4.78, 5) is 32.1. The molecule has 2 heterocycles. The monoisotopic (exact) mass is 538 g/mol. The summed E-state index contributed by atoms with van der Waals surface area (Å²) in [5.74, 6) is 1.67. The highest BCUT2D eigenvalue weighted by molar-refractivity contribution is 7.07. The number of hydrogen-bond donors (Lipinski definition) is 0. The molecule has 1 atom stereocenters. The van der Waals surface area contributed by atoms with Crippen molar-refractivity contribution < 1.29 is 28.5 Å². The number of esters is 1. The first kappa shape index (κ1) is 27.0. The average molecular weight is 539 g/mol. The first-order chi connectivity index (χ1) is 18.4. The number of thiazole rings is 1. The fraction of sp³-hybridized carbons (Fsp3) is 0.321. The third-order valence-corrected chi connectivity index (χ3v) is 7.01. The van der Waals surface area contributed by atoms with Crippen LogP contribution in [-0.4, -0.2) is 45.1 Å². The largest absolute Gasteiger partial charge is 0.493 e. The predicted octanol–water partition coefficient (Wildman–Crippen LogP) is 3.22. The highest BCUT2D eigenvalue weighted by Crippen LogP contribution is 2.36. The van der Waals surface area contributed by atoms with Gasteiger partial charge in [-0.2, -0.15) is 0 Å². The minimum Gasteiger partial charge on any atom is -0.493 e.